The van der Waals surface area contributed by atoms with E-state index in [-0.39, 0.29) is 5.56 Å². The molecule has 0 aromatic heterocycles. The number of rotatable bonds is 7. The lowest BCUT2D eigenvalue weighted by Gasteiger charge is -2.08. The van der Waals surface area contributed by atoms with Gasteiger partial charge in [0.1, 0.15) is 11.3 Å². The Bertz CT molecular complexity index is 398. The van der Waals surface area contributed by atoms with Crippen LogP contribution >= 0.6 is 0 Å². The van der Waals surface area contributed by atoms with Crippen molar-refractivity contribution in [2.24, 2.45) is 0 Å². The number of methoxy groups -OCH3 is 1. The van der Waals surface area contributed by atoms with Crippen molar-refractivity contribution in [3.8, 4) is 5.75 Å². The molecule has 0 aliphatic rings. The first-order valence-electron chi connectivity index (χ1n) is 5.28. The van der Waals surface area contributed by atoms with Gasteiger partial charge in [0.2, 0.25) is 0 Å². The molecule has 17 heavy (non-hydrogen) atoms. The Morgan fingerprint density at radius 3 is 2.88 bits per heavy atom. The van der Waals surface area contributed by atoms with Gasteiger partial charge in [-0.2, -0.15) is 0 Å². The molecular weight excluding hydrogens is 220 g/mol. The van der Waals surface area contributed by atoms with Gasteiger partial charge in [0.15, 0.2) is 0 Å². The SMILES string of the molecule is C=CCCOCc1ccc(OC)c(C(=O)O)c1. The van der Waals surface area contributed by atoms with Crippen molar-refractivity contribution in [1.29, 1.82) is 0 Å². The molecule has 0 heterocycles. The number of benzene rings is 1. The van der Waals surface area contributed by atoms with Gasteiger partial charge in [0.25, 0.3) is 0 Å². The normalized spacial score (nSPS) is 9.94. The first-order valence-corrected chi connectivity index (χ1v) is 5.28. The Morgan fingerprint density at radius 1 is 1.53 bits per heavy atom. The molecule has 1 N–H and O–H groups in total. The van der Waals surface area contributed by atoms with E-state index in [2.05, 4.69) is 6.58 Å². The van der Waals surface area contributed by atoms with E-state index < -0.39 is 5.97 Å². The average molecular weight is 236 g/mol. The number of carbonyl (C=O) groups is 1. The van der Waals surface area contributed by atoms with Crippen LogP contribution in [0.4, 0.5) is 0 Å². The van der Waals surface area contributed by atoms with Gasteiger partial charge in [0, 0.05) is 0 Å². The van der Waals surface area contributed by atoms with Gasteiger partial charge >= 0.3 is 5.97 Å². The maximum absolute atomic E-state index is 11.0. The first-order chi connectivity index (χ1) is 8.19. The maximum atomic E-state index is 11.0. The molecule has 0 unspecified atom stereocenters. The van der Waals surface area contributed by atoms with Crippen LogP contribution in [0.2, 0.25) is 0 Å². The minimum atomic E-state index is -1.00. The molecule has 1 rings (SSSR count). The minimum Gasteiger partial charge on any atom is -0.496 e. The van der Waals surface area contributed by atoms with Crippen LogP contribution in [0, 0.1) is 0 Å². The number of carboxylic acids is 1. The highest BCUT2D eigenvalue weighted by Gasteiger charge is 2.11. The monoisotopic (exact) mass is 236 g/mol. The topological polar surface area (TPSA) is 55.8 Å². The Hall–Kier alpha value is -1.81. The molecule has 0 saturated heterocycles. The van der Waals surface area contributed by atoms with Gasteiger partial charge in [-0.15, -0.1) is 6.58 Å². The summed E-state index contributed by atoms with van der Waals surface area (Å²) in [6, 6.07) is 4.99. The molecule has 0 atom stereocenters. The summed E-state index contributed by atoms with van der Waals surface area (Å²) in [5.41, 5.74) is 0.963. The quantitative estimate of drug-likeness (QED) is 0.583. The maximum Gasteiger partial charge on any atom is 0.339 e. The fraction of sp³-hybridized carbons (Fsp3) is 0.308. The summed E-state index contributed by atoms with van der Waals surface area (Å²) in [7, 11) is 1.45. The summed E-state index contributed by atoms with van der Waals surface area (Å²) in [5.74, 6) is -0.651. The summed E-state index contributed by atoms with van der Waals surface area (Å²) in [6.45, 7) is 4.56. The van der Waals surface area contributed by atoms with Crippen LogP contribution in [0.1, 0.15) is 22.3 Å². The van der Waals surface area contributed by atoms with E-state index in [9.17, 15) is 4.79 Å². The molecule has 0 bridgehead atoms. The van der Waals surface area contributed by atoms with Gasteiger partial charge in [-0.25, -0.2) is 4.79 Å². The molecule has 1 aromatic carbocycles. The van der Waals surface area contributed by atoms with Crippen LogP contribution in [0.15, 0.2) is 30.9 Å². The Labute approximate surface area is 100 Å². The Balaban J connectivity index is 2.71. The van der Waals surface area contributed by atoms with Crippen LogP contribution in [0.5, 0.6) is 5.75 Å². The third-order valence-electron chi connectivity index (χ3n) is 2.23. The van der Waals surface area contributed by atoms with E-state index in [4.69, 9.17) is 14.6 Å². The fourth-order valence-corrected chi connectivity index (χ4v) is 1.37. The van der Waals surface area contributed by atoms with Gasteiger partial charge in [-0.05, 0) is 24.1 Å². The second-order valence-corrected chi connectivity index (χ2v) is 3.47. The summed E-state index contributed by atoms with van der Waals surface area (Å²) in [6.07, 6.45) is 2.55. The highest BCUT2D eigenvalue weighted by atomic mass is 16.5. The largest absolute Gasteiger partial charge is 0.496 e. The van der Waals surface area contributed by atoms with E-state index in [1.54, 1.807) is 24.3 Å². The summed E-state index contributed by atoms with van der Waals surface area (Å²) in [4.78, 5) is 11.0. The van der Waals surface area contributed by atoms with E-state index in [0.29, 0.717) is 19.0 Å². The zero-order valence-corrected chi connectivity index (χ0v) is 9.81. The highest BCUT2D eigenvalue weighted by Crippen LogP contribution is 2.20. The highest BCUT2D eigenvalue weighted by molar-refractivity contribution is 5.91. The van der Waals surface area contributed by atoms with Crippen LogP contribution in [-0.4, -0.2) is 24.8 Å². The number of ether oxygens (including phenoxy) is 2. The van der Waals surface area contributed by atoms with E-state index >= 15 is 0 Å². The number of carboxylic acid groups (broad SMARTS) is 1. The average Bonchev–Trinajstić information content (AvgIpc) is 2.34. The van der Waals surface area contributed by atoms with E-state index in [1.807, 2.05) is 0 Å². The standard InChI is InChI=1S/C13H16O4/c1-3-4-7-17-9-10-5-6-12(16-2)11(8-10)13(14)15/h3,5-6,8H,1,4,7,9H2,2H3,(H,14,15). The number of hydrogen-bond acceptors (Lipinski definition) is 3. The summed E-state index contributed by atoms with van der Waals surface area (Å²) < 4.78 is 10.3. The van der Waals surface area contributed by atoms with Crippen molar-refractivity contribution < 1.29 is 19.4 Å². The van der Waals surface area contributed by atoms with Crippen molar-refractivity contribution in [3.05, 3.63) is 42.0 Å². The van der Waals surface area contributed by atoms with E-state index in [1.165, 1.54) is 7.11 Å². The van der Waals surface area contributed by atoms with Gasteiger partial charge in [-0.3, -0.25) is 0 Å². The second-order valence-electron chi connectivity index (χ2n) is 3.47. The van der Waals surface area contributed by atoms with Crippen molar-refractivity contribution in [2.75, 3.05) is 13.7 Å². The lowest BCUT2D eigenvalue weighted by atomic mass is 10.1. The minimum absolute atomic E-state index is 0.150. The molecule has 0 radical (unpaired) electrons. The Morgan fingerprint density at radius 2 is 2.29 bits per heavy atom. The first kappa shape index (κ1) is 13.3. The second kappa shape index (κ2) is 6.70. The molecule has 0 saturated carbocycles. The molecule has 4 heteroatoms. The Kier molecular flexibility index (Phi) is 5.23. The summed E-state index contributed by atoms with van der Waals surface area (Å²) >= 11 is 0. The molecule has 92 valence electrons. The van der Waals surface area contributed by atoms with Gasteiger partial charge in [0.05, 0.1) is 20.3 Å². The van der Waals surface area contributed by atoms with E-state index in [0.717, 1.165) is 12.0 Å². The van der Waals surface area contributed by atoms with Crippen molar-refractivity contribution in [3.63, 3.8) is 0 Å². The molecule has 0 aliphatic heterocycles. The van der Waals surface area contributed by atoms with Crippen LogP contribution in [-0.2, 0) is 11.3 Å². The van der Waals surface area contributed by atoms with Crippen LogP contribution < -0.4 is 4.74 Å². The molecule has 0 aliphatic carbocycles. The molecule has 1 aromatic rings. The van der Waals surface area contributed by atoms with Gasteiger partial charge < -0.3 is 14.6 Å². The predicted octanol–water partition coefficient (Wildman–Crippen LogP) is 2.49. The predicted molar refractivity (Wildman–Crippen MR) is 64.4 cm³/mol. The number of hydrogen-bond donors (Lipinski definition) is 1. The van der Waals surface area contributed by atoms with Crippen molar-refractivity contribution >= 4 is 5.97 Å². The number of aromatic carboxylic acids is 1. The van der Waals surface area contributed by atoms with Crippen LogP contribution in [0.25, 0.3) is 0 Å². The smallest absolute Gasteiger partial charge is 0.339 e. The molecule has 0 fully saturated rings. The van der Waals surface area contributed by atoms with Crippen molar-refractivity contribution in [1.82, 2.24) is 0 Å². The lowest BCUT2D eigenvalue weighted by Crippen LogP contribution is -2.02. The molecular formula is C13H16O4. The third kappa shape index (κ3) is 3.92. The third-order valence-corrected chi connectivity index (χ3v) is 2.23. The molecule has 0 amide bonds. The van der Waals surface area contributed by atoms with Crippen LogP contribution in [0.3, 0.4) is 0 Å². The molecule has 0 spiro atoms. The fourth-order valence-electron chi connectivity index (χ4n) is 1.37. The zero-order valence-electron chi connectivity index (χ0n) is 9.81. The van der Waals surface area contributed by atoms with Gasteiger partial charge in [-0.1, -0.05) is 12.1 Å². The zero-order chi connectivity index (χ0) is 12.7. The summed E-state index contributed by atoms with van der Waals surface area (Å²) in [5, 5.41) is 9.00. The lowest BCUT2D eigenvalue weighted by molar-refractivity contribution is 0.0692. The van der Waals surface area contributed by atoms with Crippen molar-refractivity contribution in [2.45, 2.75) is 13.0 Å². The molecule has 4 nitrogen and oxygen atoms in total.